The third kappa shape index (κ3) is 2.83. The Kier molecular flexibility index (Phi) is 3.25. The number of rotatable bonds is 4. The predicted octanol–water partition coefficient (Wildman–Crippen LogP) is 1.46. The second-order valence-corrected chi connectivity index (χ2v) is 4.58. The van der Waals surface area contributed by atoms with Gasteiger partial charge in [-0.05, 0) is 37.8 Å². The third-order valence-corrected chi connectivity index (χ3v) is 3.01. The van der Waals surface area contributed by atoms with Gasteiger partial charge >= 0.3 is 0 Å². The summed E-state index contributed by atoms with van der Waals surface area (Å²) in [5.74, 6) is 0.595. The van der Waals surface area contributed by atoms with Crippen molar-refractivity contribution >= 4 is 5.91 Å². The topological polar surface area (TPSA) is 55.1 Å². The molecule has 1 atom stereocenters. The molecule has 1 aromatic rings. The Labute approximate surface area is 96.0 Å². The summed E-state index contributed by atoms with van der Waals surface area (Å²) in [5, 5.41) is 2.88. The lowest BCUT2D eigenvalue weighted by Gasteiger charge is -2.11. The number of benzene rings is 1. The van der Waals surface area contributed by atoms with Gasteiger partial charge in [0, 0.05) is 18.2 Å². The van der Waals surface area contributed by atoms with E-state index in [1.165, 1.54) is 12.8 Å². The molecule has 3 heteroatoms. The summed E-state index contributed by atoms with van der Waals surface area (Å²) in [5.41, 5.74) is 7.73. The number of hydrogen-bond acceptors (Lipinski definition) is 2. The Bertz CT molecular complexity index is 385. The Balaban J connectivity index is 1.87. The molecule has 0 heterocycles. The van der Waals surface area contributed by atoms with Crippen LogP contribution in [0.5, 0.6) is 0 Å². The Hall–Kier alpha value is -1.35. The van der Waals surface area contributed by atoms with Gasteiger partial charge in [-0.3, -0.25) is 4.79 Å². The van der Waals surface area contributed by atoms with E-state index in [-0.39, 0.29) is 11.9 Å². The van der Waals surface area contributed by atoms with Crippen LogP contribution in [0.25, 0.3) is 0 Å². The van der Waals surface area contributed by atoms with Gasteiger partial charge in [0.05, 0.1) is 0 Å². The van der Waals surface area contributed by atoms with Crippen molar-refractivity contribution in [1.29, 1.82) is 0 Å². The summed E-state index contributed by atoms with van der Waals surface area (Å²) in [6.07, 6.45) is 2.42. The fourth-order valence-electron chi connectivity index (χ4n) is 1.79. The quantitative estimate of drug-likeness (QED) is 0.804. The molecule has 3 N–H and O–H groups in total. The van der Waals surface area contributed by atoms with E-state index in [1.807, 2.05) is 31.2 Å². The first-order valence-corrected chi connectivity index (χ1v) is 5.77. The average molecular weight is 218 g/mol. The standard InChI is InChI=1S/C13H18N2O/c1-9-3-2-4-11(7-9)13(16)15-8-12(14)10-5-6-10/h2-4,7,10,12H,5-6,8,14H2,1H3,(H,15,16). The number of hydrogen-bond donors (Lipinski definition) is 2. The minimum atomic E-state index is -0.0280. The van der Waals surface area contributed by atoms with Crippen LogP contribution in [0.3, 0.4) is 0 Å². The number of carbonyl (C=O) groups is 1. The molecule has 1 fully saturated rings. The molecule has 0 aromatic heterocycles. The Morgan fingerprint density at radius 3 is 2.94 bits per heavy atom. The highest BCUT2D eigenvalue weighted by Gasteiger charge is 2.28. The van der Waals surface area contributed by atoms with Gasteiger partial charge in [0.2, 0.25) is 0 Å². The number of amides is 1. The van der Waals surface area contributed by atoms with E-state index in [0.717, 1.165) is 5.56 Å². The largest absolute Gasteiger partial charge is 0.350 e. The van der Waals surface area contributed by atoms with Gasteiger partial charge in [-0.2, -0.15) is 0 Å². The van der Waals surface area contributed by atoms with Gasteiger partial charge < -0.3 is 11.1 Å². The molecule has 0 saturated heterocycles. The molecule has 1 saturated carbocycles. The maximum Gasteiger partial charge on any atom is 0.251 e. The van der Waals surface area contributed by atoms with Crippen molar-refractivity contribution in [1.82, 2.24) is 5.32 Å². The molecule has 3 nitrogen and oxygen atoms in total. The first kappa shape index (κ1) is 11.1. The van der Waals surface area contributed by atoms with E-state index >= 15 is 0 Å². The highest BCUT2D eigenvalue weighted by molar-refractivity contribution is 5.94. The van der Waals surface area contributed by atoms with Gasteiger partial charge in [0.1, 0.15) is 0 Å². The van der Waals surface area contributed by atoms with Crippen LogP contribution in [0, 0.1) is 12.8 Å². The smallest absolute Gasteiger partial charge is 0.251 e. The minimum Gasteiger partial charge on any atom is -0.350 e. The zero-order valence-electron chi connectivity index (χ0n) is 9.57. The molecule has 16 heavy (non-hydrogen) atoms. The molecule has 1 aliphatic rings. The normalized spacial score (nSPS) is 16.9. The molecule has 1 unspecified atom stereocenters. The van der Waals surface area contributed by atoms with Crippen molar-refractivity contribution in [2.45, 2.75) is 25.8 Å². The van der Waals surface area contributed by atoms with E-state index in [2.05, 4.69) is 5.32 Å². The third-order valence-electron chi connectivity index (χ3n) is 3.01. The predicted molar refractivity (Wildman–Crippen MR) is 64.2 cm³/mol. The van der Waals surface area contributed by atoms with Gasteiger partial charge in [0.25, 0.3) is 5.91 Å². The summed E-state index contributed by atoms with van der Waals surface area (Å²) >= 11 is 0. The molecule has 1 amide bonds. The van der Waals surface area contributed by atoms with Gasteiger partial charge in [-0.15, -0.1) is 0 Å². The van der Waals surface area contributed by atoms with E-state index in [1.54, 1.807) is 0 Å². The number of nitrogens with two attached hydrogens (primary N) is 1. The molecule has 0 bridgehead atoms. The molecule has 0 spiro atoms. The summed E-state index contributed by atoms with van der Waals surface area (Å²) in [6.45, 7) is 2.56. The van der Waals surface area contributed by atoms with E-state index in [4.69, 9.17) is 5.73 Å². The summed E-state index contributed by atoms with van der Waals surface area (Å²) in [7, 11) is 0. The number of carbonyl (C=O) groups excluding carboxylic acids is 1. The highest BCUT2D eigenvalue weighted by atomic mass is 16.1. The molecule has 2 rings (SSSR count). The van der Waals surface area contributed by atoms with E-state index < -0.39 is 0 Å². The fourth-order valence-corrected chi connectivity index (χ4v) is 1.79. The van der Waals surface area contributed by atoms with Crippen LogP contribution >= 0.6 is 0 Å². The summed E-state index contributed by atoms with van der Waals surface area (Å²) < 4.78 is 0. The monoisotopic (exact) mass is 218 g/mol. The van der Waals surface area contributed by atoms with Crippen LogP contribution in [0.4, 0.5) is 0 Å². The Morgan fingerprint density at radius 2 is 2.31 bits per heavy atom. The fraction of sp³-hybridized carbons (Fsp3) is 0.462. The number of aryl methyl sites for hydroxylation is 1. The van der Waals surface area contributed by atoms with Crippen LogP contribution in [0.2, 0.25) is 0 Å². The second kappa shape index (κ2) is 4.66. The van der Waals surface area contributed by atoms with E-state index in [9.17, 15) is 4.79 Å². The summed E-state index contributed by atoms with van der Waals surface area (Å²) in [6, 6.07) is 7.70. The first-order chi connectivity index (χ1) is 7.66. The van der Waals surface area contributed by atoms with Crippen molar-refractivity contribution in [2.75, 3.05) is 6.54 Å². The van der Waals surface area contributed by atoms with Gasteiger partial charge in [-0.25, -0.2) is 0 Å². The highest BCUT2D eigenvalue weighted by Crippen LogP contribution is 2.31. The molecule has 0 radical (unpaired) electrons. The maximum atomic E-state index is 11.8. The lowest BCUT2D eigenvalue weighted by molar-refractivity contribution is 0.0950. The molecule has 86 valence electrons. The van der Waals surface area contributed by atoms with Gasteiger partial charge in [-0.1, -0.05) is 17.7 Å². The van der Waals surface area contributed by atoms with Crippen molar-refractivity contribution < 1.29 is 4.79 Å². The number of nitrogens with one attached hydrogen (secondary N) is 1. The summed E-state index contributed by atoms with van der Waals surface area (Å²) in [4.78, 5) is 11.8. The molecule has 1 aromatic carbocycles. The average Bonchev–Trinajstić information content (AvgIpc) is 3.09. The zero-order valence-corrected chi connectivity index (χ0v) is 9.57. The SMILES string of the molecule is Cc1cccc(C(=O)NCC(N)C2CC2)c1. The van der Waals surface area contributed by atoms with Crippen LogP contribution < -0.4 is 11.1 Å². The van der Waals surface area contributed by atoms with Crippen LogP contribution in [-0.4, -0.2) is 18.5 Å². The van der Waals surface area contributed by atoms with Crippen molar-refractivity contribution in [3.8, 4) is 0 Å². The first-order valence-electron chi connectivity index (χ1n) is 5.77. The molecular weight excluding hydrogens is 200 g/mol. The second-order valence-electron chi connectivity index (χ2n) is 4.58. The molecular formula is C13H18N2O. The molecule has 0 aliphatic heterocycles. The van der Waals surface area contributed by atoms with Crippen molar-refractivity contribution in [3.63, 3.8) is 0 Å². The van der Waals surface area contributed by atoms with Crippen LogP contribution in [0.15, 0.2) is 24.3 Å². The lowest BCUT2D eigenvalue weighted by atomic mass is 10.1. The van der Waals surface area contributed by atoms with Crippen molar-refractivity contribution in [2.24, 2.45) is 11.7 Å². The molecule has 1 aliphatic carbocycles. The van der Waals surface area contributed by atoms with Crippen molar-refractivity contribution in [3.05, 3.63) is 35.4 Å². The Morgan fingerprint density at radius 1 is 1.56 bits per heavy atom. The van der Waals surface area contributed by atoms with E-state index in [0.29, 0.717) is 18.0 Å². The van der Waals surface area contributed by atoms with Crippen LogP contribution in [-0.2, 0) is 0 Å². The lowest BCUT2D eigenvalue weighted by Crippen LogP contribution is -2.38. The van der Waals surface area contributed by atoms with Crippen LogP contribution in [0.1, 0.15) is 28.8 Å². The zero-order chi connectivity index (χ0) is 11.5. The minimum absolute atomic E-state index is 0.0280. The van der Waals surface area contributed by atoms with Gasteiger partial charge in [0.15, 0.2) is 0 Å². The maximum absolute atomic E-state index is 11.8.